The van der Waals surface area contributed by atoms with Gasteiger partial charge < -0.3 is 15.2 Å². The molecule has 0 aromatic carbocycles. The second kappa shape index (κ2) is 6.45. The zero-order chi connectivity index (χ0) is 16.4. The third kappa shape index (κ3) is 3.03. The third-order valence-electron chi connectivity index (χ3n) is 4.39. The predicted molar refractivity (Wildman–Crippen MR) is 93.3 cm³/mol. The van der Waals surface area contributed by atoms with Gasteiger partial charge in [0.15, 0.2) is 0 Å². The monoisotopic (exact) mass is 324 g/mol. The van der Waals surface area contributed by atoms with E-state index in [0.717, 1.165) is 29.7 Å². The first-order valence-electron chi connectivity index (χ1n) is 8.30. The summed E-state index contributed by atoms with van der Waals surface area (Å²) < 4.78 is 0. The van der Waals surface area contributed by atoms with Crippen molar-refractivity contribution in [1.29, 1.82) is 0 Å². The number of hydrogen-bond donors (Lipinski definition) is 3. The summed E-state index contributed by atoms with van der Waals surface area (Å²) in [6, 6.07) is 3.85. The van der Waals surface area contributed by atoms with E-state index in [1.165, 1.54) is 25.9 Å². The fraction of sp³-hybridized carbons (Fsp3) is 0.353. The number of nitrogens with one attached hydrogen (secondary N) is 3. The number of carbonyl (C=O) groups is 1. The number of carbonyl (C=O) groups excluding carboxylic acids is 1. The van der Waals surface area contributed by atoms with E-state index in [4.69, 9.17) is 0 Å². The maximum atomic E-state index is 12.1. The van der Waals surface area contributed by atoms with E-state index in [9.17, 15) is 4.79 Å². The number of fused-ring (bicyclic) bond motifs is 1. The Hall–Kier alpha value is -2.67. The highest BCUT2D eigenvalue weighted by Gasteiger charge is 2.20. The average molecular weight is 324 g/mol. The number of aromatic amines is 1. The normalized spacial score (nSPS) is 19.9. The molecule has 0 atom stereocenters. The zero-order valence-corrected chi connectivity index (χ0v) is 13.4. The van der Waals surface area contributed by atoms with Crippen LogP contribution in [0.3, 0.4) is 0 Å². The number of nitrogens with zero attached hydrogens (tertiary/aromatic N) is 3. The lowest BCUT2D eigenvalue weighted by Crippen LogP contribution is -2.40. The first-order chi connectivity index (χ1) is 11.8. The number of H-pyrrole nitrogens is 1. The van der Waals surface area contributed by atoms with Crippen LogP contribution in [0, 0.1) is 0 Å². The molecule has 7 nitrogen and oxygen atoms in total. The van der Waals surface area contributed by atoms with E-state index in [1.54, 1.807) is 12.3 Å². The molecule has 4 rings (SSSR count). The van der Waals surface area contributed by atoms with Crippen LogP contribution in [0.25, 0.3) is 17.1 Å². The maximum Gasteiger partial charge on any atom is 0.276 e. The number of hydrogen-bond acceptors (Lipinski definition) is 5. The van der Waals surface area contributed by atoms with Crippen molar-refractivity contribution in [3.63, 3.8) is 0 Å². The molecule has 1 amide bonds. The Bertz CT molecular complexity index is 815. The van der Waals surface area contributed by atoms with Crippen molar-refractivity contribution < 1.29 is 4.79 Å². The van der Waals surface area contributed by atoms with E-state index < -0.39 is 0 Å². The third-order valence-corrected chi connectivity index (χ3v) is 4.39. The van der Waals surface area contributed by atoms with Crippen molar-refractivity contribution in [2.24, 2.45) is 4.99 Å². The minimum atomic E-state index is -0.183. The highest BCUT2D eigenvalue weighted by atomic mass is 16.2. The molecule has 3 N–H and O–H groups in total. The van der Waals surface area contributed by atoms with Crippen LogP contribution >= 0.6 is 0 Å². The van der Waals surface area contributed by atoms with Crippen LogP contribution < -0.4 is 10.6 Å². The van der Waals surface area contributed by atoms with Crippen molar-refractivity contribution in [3.05, 3.63) is 35.8 Å². The molecule has 7 heteroatoms. The molecule has 2 aliphatic heterocycles. The molecule has 124 valence electrons. The number of aromatic nitrogens is 2. The maximum absolute atomic E-state index is 12.1. The van der Waals surface area contributed by atoms with Gasteiger partial charge in [-0.2, -0.15) is 0 Å². The Balaban J connectivity index is 1.44. The molecule has 1 saturated heterocycles. The molecule has 2 aromatic heterocycles. The van der Waals surface area contributed by atoms with Gasteiger partial charge in [-0.05, 0) is 44.1 Å². The molecule has 4 heterocycles. The smallest absolute Gasteiger partial charge is 0.276 e. The molecule has 0 bridgehead atoms. The number of likely N-dealkylation sites (tertiary alicyclic amines) is 1. The Morgan fingerprint density at radius 2 is 2.21 bits per heavy atom. The minimum absolute atomic E-state index is 0.183. The van der Waals surface area contributed by atoms with Crippen LogP contribution in [-0.4, -0.2) is 52.9 Å². The summed E-state index contributed by atoms with van der Waals surface area (Å²) in [6.07, 6.45) is 7.92. The summed E-state index contributed by atoms with van der Waals surface area (Å²) in [5.41, 5.74) is 2.12. The Kier molecular flexibility index (Phi) is 4.00. The van der Waals surface area contributed by atoms with Gasteiger partial charge >= 0.3 is 0 Å². The van der Waals surface area contributed by atoms with Gasteiger partial charge in [0.25, 0.3) is 5.91 Å². The fourth-order valence-corrected chi connectivity index (χ4v) is 3.13. The summed E-state index contributed by atoms with van der Waals surface area (Å²) in [4.78, 5) is 26.2. The van der Waals surface area contributed by atoms with Gasteiger partial charge in [0.1, 0.15) is 11.3 Å². The second-order valence-corrected chi connectivity index (χ2v) is 6.06. The van der Waals surface area contributed by atoms with Gasteiger partial charge in [0.2, 0.25) is 5.96 Å². The zero-order valence-electron chi connectivity index (χ0n) is 13.4. The second-order valence-electron chi connectivity index (χ2n) is 6.06. The van der Waals surface area contributed by atoms with E-state index >= 15 is 0 Å². The summed E-state index contributed by atoms with van der Waals surface area (Å²) in [6.45, 7) is 4.09. The Labute approximate surface area is 139 Å². The number of rotatable bonds is 4. The van der Waals surface area contributed by atoms with Gasteiger partial charge in [-0.25, -0.2) is 9.98 Å². The van der Waals surface area contributed by atoms with Crippen molar-refractivity contribution in [1.82, 2.24) is 25.5 Å². The summed E-state index contributed by atoms with van der Waals surface area (Å²) in [7, 11) is 0. The van der Waals surface area contributed by atoms with E-state index in [0.29, 0.717) is 11.7 Å². The van der Waals surface area contributed by atoms with Gasteiger partial charge in [-0.1, -0.05) is 0 Å². The van der Waals surface area contributed by atoms with Crippen molar-refractivity contribution in [3.8, 4) is 0 Å². The van der Waals surface area contributed by atoms with E-state index in [2.05, 4.69) is 30.5 Å². The SMILES string of the molecule is O=C1NC(NCCN2CCCC2)=NC1=Cc1c[nH]c2ncccc12. The lowest BCUT2D eigenvalue weighted by atomic mass is 10.2. The molecule has 24 heavy (non-hydrogen) atoms. The number of amides is 1. The van der Waals surface area contributed by atoms with Crippen LogP contribution in [0.2, 0.25) is 0 Å². The number of pyridine rings is 1. The fourth-order valence-electron chi connectivity index (χ4n) is 3.13. The van der Waals surface area contributed by atoms with Crippen LogP contribution in [0.5, 0.6) is 0 Å². The quantitative estimate of drug-likeness (QED) is 0.735. The van der Waals surface area contributed by atoms with E-state index in [1.807, 2.05) is 18.3 Å². The van der Waals surface area contributed by atoms with Crippen LogP contribution in [0.1, 0.15) is 18.4 Å². The standard InChI is InChI=1S/C17H20N6O/c24-16-14(10-12-11-20-15-13(12)4-3-5-18-15)21-17(22-16)19-6-9-23-7-1-2-8-23/h3-5,10-11H,1-2,6-9H2,(H,18,20)(H2,19,21,22,24). The van der Waals surface area contributed by atoms with Gasteiger partial charge in [0.05, 0.1) is 0 Å². The molecule has 2 aromatic rings. The molecular weight excluding hydrogens is 304 g/mol. The van der Waals surface area contributed by atoms with Gasteiger partial charge in [-0.3, -0.25) is 10.1 Å². The minimum Gasteiger partial charge on any atom is -0.354 e. The summed E-state index contributed by atoms with van der Waals surface area (Å²) >= 11 is 0. The predicted octanol–water partition coefficient (Wildman–Crippen LogP) is 1.08. The van der Waals surface area contributed by atoms with Crippen molar-refractivity contribution in [2.75, 3.05) is 26.2 Å². The summed E-state index contributed by atoms with van der Waals surface area (Å²) in [5, 5.41) is 6.95. The average Bonchev–Trinajstić information content (AvgIpc) is 3.30. The van der Waals surface area contributed by atoms with E-state index in [-0.39, 0.29) is 5.91 Å². The van der Waals surface area contributed by atoms with Crippen LogP contribution in [0.4, 0.5) is 0 Å². The van der Waals surface area contributed by atoms with Gasteiger partial charge in [-0.15, -0.1) is 0 Å². The molecule has 1 fully saturated rings. The lowest BCUT2D eigenvalue weighted by Gasteiger charge is -2.14. The van der Waals surface area contributed by atoms with Crippen molar-refractivity contribution in [2.45, 2.75) is 12.8 Å². The first kappa shape index (κ1) is 14.9. The highest BCUT2D eigenvalue weighted by molar-refractivity contribution is 6.14. The van der Waals surface area contributed by atoms with Crippen LogP contribution in [-0.2, 0) is 4.79 Å². The molecule has 0 aliphatic carbocycles. The number of aliphatic imine (C=N–C) groups is 1. The summed E-state index contributed by atoms with van der Waals surface area (Å²) in [5.74, 6) is 0.348. The molecular formula is C17H20N6O. The first-order valence-corrected chi connectivity index (χ1v) is 8.30. The lowest BCUT2D eigenvalue weighted by molar-refractivity contribution is -0.115. The molecule has 0 radical (unpaired) electrons. The topological polar surface area (TPSA) is 85.4 Å². The van der Waals surface area contributed by atoms with Crippen LogP contribution in [0.15, 0.2) is 35.2 Å². The van der Waals surface area contributed by atoms with Crippen molar-refractivity contribution >= 4 is 29.0 Å². The molecule has 2 aliphatic rings. The van der Waals surface area contributed by atoms with Gasteiger partial charge in [0, 0.05) is 36.4 Å². The molecule has 0 spiro atoms. The highest BCUT2D eigenvalue weighted by Crippen LogP contribution is 2.20. The molecule has 0 unspecified atom stereocenters. The molecule has 0 saturated carbocycles. The Morgan fingerprint density at radius 1 is 1.33 bits per heavy atom. The number of guanidine groups is 1. The largest absolute Gasteiger partial charge is 0.354 e. The Morgan fingerprint density at radius 3 is 3.08 bits per heavy atom.